The van der Waals surface area contributed by atoms with Crippen LogP contribution in [0.2, 0.25) is 0 Å². The number of aromatic nitrogens is 5. The quantitative estimate of drug-likeness (QED) is 0.696. The maximum absolute atomic E-state index is 4.54. The van der Waals surface area contributed by atoms with Gasteiger partial charge in [-0.3, -0.25) is 14.3 Å². The Morgan fingerprint density at radius 1 is 1.19 bits per heavy atom. The van der Waals surface area contributed by atoms with E-state index in [0.717, 1.165) is 30.9 Å². The molecule has 108 valence electrons. The lowest BCUT2D eigenvalue weighted by atomic mass is 10.1. The summed E-state index contributed by atoms with van der Waals surface area (Å²) in [6.07, 6.45) is 9.39. The largest absolute Gasteiger partial charge is 0.311 e. The zero-order valence-electron chi connectivity index (χ0n) is 12.0. The van der Waals surface area contributed by atoms with Crippen LogP contribution in [0.3, 0.4) is 0 Å². The molecule has 0 radical (unpaired) electrons. The molecule has 0 aliphatic carbocycles. The summed E-state index contributed by atoms with van der Waals surface area (Å²) >= 11 is 0. The second-order valence-corrected chi connectivity index (χ2v) is 4.86. The highest BCUT2D eigenvalue weighted by atomic mass is 15.3. The Kier molecular flexibility index (Phi) is 4.07. The van der Waals surface area contributed by atoms with Crippen LogP contribution in [0.1, 0.15) is 5.56 Å². The van der Waals surface area contributed by atoms with Gasteiger partial charge in [0.05, 0.1) is 12.2 Å². The first-order valence-corrected chi connectivity index (χ1v) is 6.94. The van der Waals surface area contributed by atoms with Crippen LogP contribution < -0.4 is 5.32 Å². The Hall–Kier alpha value is -2.47. The highest BCUT2D eigenvalue weighted by Gasteiger charge is 2.09. The van der Waals surface area contributed by atoms with Crippen molar-refractivity contribution in [3.63, 3.8) is 0 Å². The predicted octanol–water partition coefficient (Wildman–Crippen LogP) is 1.47. The summed E-state index contributed by atoms with van der Waals surface area (Å²) in [7, 11) is 1.94. The number of rotatable bonds is 6. The number of hydrogen-bond acceptors (Lipinski definition) is 4. The van der Waals surface area contributed by atoms with E-state index in [0.29, 0.717) is 0 Å². The van der Waals surface area contributed by atoms with Gasteiger partial charge in [-0.05, 0) is 18.2 Å². The maximum atomic E-state index is 4.54. The number of aryl methyl sites for hydroxylation is 1. The average Bonchev–Trinajstić information content (AvgIpc) is 3.14. The molecule has 0 aliphatic heterocycles. The number of nitrogens with one attached hydrogen (secondary N) is 1. The van der Waals surface area contributed by atoms with Crippen molar-refractivity contribution in [2.24, 2.45) is 7.05 Å². The third-order valence-electron chi connectivity index (χ3n) is 3.25. The summed E-state index contributed by atoms with van der Waals surface area (Å²) in [6, 6.07) is 5.90. The molecule has 0 fully saturated rings. The van der Waals surface area contributed by atoms with E-state index < -0.39 is 0 Å². The zero-order chi connectivity index (χ0) is 14.5. The van der Waals surface area contributed by atoms with Crippen molar-refractivity contribution >= 4 is 0 Å². The van der Waals surface area contributed by atoms with E-state index in [9.17, 15) is 0 Å². The molecule has 0 saturated carbocycles. The van der Waals surface area contributed by atoms with Gasteiger partial charge in [-0.1, -0.05) is 0 Å². The Morgan fingerprint density at radius 2 is 2.05 bits per heavy atom. The first-order chi connectivity index (χ1) is 10.3. The van der Waals surface area contributed by atoms with Crippen molar-refractivity contribution in [3.05, 3.63) is 54.7 Å². The van der Waals surface area contributed by atoms with E-state index in [2.05, 4.69) is 26.7 Å². The van der Waals surface area contributed by atoms with E-state index in [1.807, 2.05) is 40.8 Å². The lowest BCUT2D eigenvalue weighted by molar-refractivity contribution is 0.555. The lowest BCUT2D eigenvalue weighted by Crippen LogP contribution is -2.19. The normalized spacial score (nSPS) is 10.9. The topological polar surface area (TPSA) is 60.6 Å². The molecule has 0 atom stereocenters. The number of pyridine rings is 1. The van der Waals surface area contributed by atoms with Gasteiger partial charge in [-0.2, -0.15) is 10.2 Å². The van der Waals surface area contributed by atoms with Gasteiger partial charge in [0, 0.05) is 62.2 Å². The highest BCUT2D eigenvalue weighted by molar-refractivity contribution is 5.61. The molecular formula is C15H18N6. The Balaban J connectivity index is 1.63. The van der Waals surface area contributed by atoms with E-state index in [1.54, 1.807) is 18.6 Å². The summed E-state index contributed by atoms with van der Waals surface area (Å²) in [5, 5.41) is 12.2. The van der Waals surface area contributed by atoms with E-state index in [1.165, 1.54) is 5.56 Å². The van der Waals surface area contributed by atoms with Gasteiger partial charge in [0.25, 0.3) is 0 Å². The Bertz CT molecular complexity index is 672. The second kappa shape index (κ2) is 6.32. The fourth-order valence-corrected chi connectivity index (χ4v) is 2.27. The minimum Gasteiger partial charge on any atom is -0.311 e. The van der Waals surface area contributed by atoms with Crippen LogP contribution >= 0.6 is 0 Å². The van der Waals surface area contributed by atoms with Gasteiger partial charge < -0.3 is 5.32 Å². The van der Waals surface area contributed by atoms with Crippen LogP contribution in [0.25, 0.3) is 11.3 Å². The van der Waals surface area contributed by atoms with Crippen molar-refractivity contribution in [1.29, 1.82) is 0 Å². The molecule has 3 rings (SSSR count). The molecule has 0 aromatic carbocycles. The van der Waals surface area contributed by atoms with Crippen molar-refractivity contribution in [3.8, 4) is 11.3 Å². The fraction of sp³-hybridized carbons (Fsp3) is 0.267. The highest BCUT2D eigenvalue weighted by Crippen LogP contribution is 2.20. The Morgan fingerprint density at radius 3 is 2.81 bits per heavy atom. The summed E-state index contributed by atoms with van der Waals surface area (Å²) < 4.78 is 3.76. The molecule has 0 amide bonds. The van der Waals surface area contributed by atoms with Crippen LogP contribution in [0, 0.1) is 0 Å². The molecule has 21 heavy (non-hydrogen) atoms. The van der Waals surface area contributed by atoms with Crippen LogP contribution in [-0.4, -0.2) is 31.1 Å². The summed E-state index contributed by atoms with van der Waals surface area (Å²) in [4.78, 5) is 4.05. The van der Waals surface area contributed by atoms with Crippen LogP contribution in [0.5, 0.6) is 0 Å². The monoisotopic (exact) mass is 282 g/mol. The molecule has 6 heteroatoms. The third kappa shape index (κ3) is 3.35. The lowest BCUT2D eigenvalue weighted by Gasteiger charge is -2.05. The van der Waals surface area contributed by atoms with Crippen LogP contribution in [0.15, 0.2) is 49.2 Å². The van der Waals surface area contributed by atoms with Crippen molar-refractivity contribution in [1.82, 2.24) is 29.9 Å². The third-order valence-corrected chi connectivity index (χ3v) is 3.25. The SMILES string of the molecule is Cn1cc(CNCCn2cccn2)c(-c2ccncc2)n1. The molecule has 0 bridgehead atoms. The minimum absolute atomic E-state index is 0.784. The maximum Gasteiger partial charge on any atom is 0.0969 e. The summed E-state index contributed by atoms with van der Waals surface area (Å²) in [5.41, 5.74) is 3.28. The van der Waals surface area contributed by atoms with Gasteiger partial charge in [-0.25, -0.2) is 0 Å². The molecule has 3 aromatic heterocycles. The van der Waals surface area contributed by atoms with E-state index in [-0.39, 0.29) is 0 Å². The van der Waals surface area contributed by atoms with Gasteiger partial charge >= 0.3 is 0 Å². The van der Waals surface area contributed by atoms with E-state index in [4.69, 9.17) is 0 Å². The summed E-state index contributed by atoms with van der Waals surface area (Å²) in [6.45, 7) is 2.51. The summed E-state index contributed by atoms with van der Waals surface area (Å²) in [5.74, 6) is 0. The molecule has 6 nitrogen and oxygen atoms in total. The van der Waals surface area contributed by atoms with Crippen LogP contribution in [-0.2, 0) is 20.1 Å². The van der Waals surface area contributed by atoms with Crippen molar-refractivity contribution < 1.29 is 0 Å². The van der Waals surface area contributed by atoms with Crippen molar-refractivity contribution in [2.75, 3.05) is 6.54 Å². The first-order valence-electron chi connectivity index (χ1n) is 6.94. The molecule has 0 spiro atoms. The standard InChI is InChI=1S/C15H18N6/c1-20-12-14(11-17-8-10-21-9-2-5-18-21)15(19-20)13-3-6-16-7-4-13/h2-7,9,12,17H,8,10-11H2,1H3. The molecule has 0 aliphatic rings. The molecule has 3 aromatic rings. The molecule has 3 heterocycles. The minimum atomic E-state index is 0.784. The Labute approximate surface area is 123 Å². The van der Waals surface area contributed by atoms with Gasteiger partial charge in [0.2, 0.25) is 0 Å². The van der Waals surface area contributed by atoms with Gasteiger partial charge in [0.15, 0.2) is 0 Å². The molecule has 0 unspecified atom stereocenters. The van der Waals surface area contributed by atoms with Gasteiger partial charge in [-0.15, -0.1) is 0 Å². The average molecular weight is 282 g/mol. The van der Waals surface area contributed by atoms with Gasteiger partial charge in [0.1, 0.15) is 0 Å². The first kappa shape index (κ1) is 13.5. The second-order valence-electron chi connectivity index (χ2n) is 4.86. The smallest absolute Gasteiger partial charge is 0.0969 e. The van der Waals surface area contributed by atoms with E-state index >= 15 is 0 Å². The number of hydrogen-bond donors (Lipinski definition) is 1. The zero-order valence-corrected chi connectivity index (χ0v) is 12.0. The number of nitrogens with zero attached hydrogens (tertiary/aromatic N) is 5. The predicted molar refractivity (Wildman–Crippen MR) is 80.4 cm³/mol. The molecule has 0 saturated heterocycles. The molecule has 1 N–H and O–H groups in total. The fourth-order valence-electron chi connectivity index (χ4n) is 2.27. The molecular weight excluding hydrogens is 264 g/mol. The van der Waals surface area contributed by atoms with Crippen LogP contribution in [0.4, 0.5) is 0 Å². The van der Waals surface area contributed by atoms with Crippen molar-refractivity contribution in [2.45, 2.75) is 13.1 Å².